The van der Waals surface area contributed by atoms with E-state index in [1.54, 1.807) is 32.0 Å². The first-order valence-electron chi connectivity index (χ1n) is 7.37. The lowest BCUT2D eigenvalue weighted by Crippen LogP contribution is -2.19. The van der Waals surface area contributed by atoms with E-state index in [4.69, 9.17) is 0 Å². The number of fused-ring (bicyclic) bond motifs is 1. The minimum Gasteiger partial charge on any atom is -0.357 e. The molecular formula is C15H18N8O. The second-order valence-corrected chi connectivity index (χ2v) is 5.24. The van der Waals surface area contributed by atoms with Crippen molar-refractivity contribution in [3.8, 4) is 0 Å². The molecule has 3 aromatic heterocycles. The van der Waals surface area contributed by atoms with Gasteiger partial charge in [-0.2, -0.15) is 10.1 Å². The third-order valence-electron chi connectivity index (χ3n) is 3.51. The molecule has 0 bridgehead atoms. The van der Waals surface area contributed by atoms with Crippen LogP contribution in [0.4, 0.5) is 17.6 Å². The zero-order valence-electron chi connectivity index (χ0n) is 13.9. The molecule has 0 fully saturated rings. The Hall–Kier alpha value is -3.23. The van der Waals surface area contributed by atoms with Crippen molar-refractivity contribution in [2.45, 2.75) is 6.92 Å². The van der Waals surface area contributed by atoms with Gasteiger partial charge >= 0.3 is 0 Å². The van der Waals surface area contributed by atoms with E-state index in [1.165, 1.54) is 0 Å². The topological polar surface area (TPSA) is 110 Å². The number of aromatic nitrogens is 5. The largest absolute Gasteiger partial charge is 0.357 e. The van der Waals surface area contributed by atoms with E-state index in [1.807, 2.05) is 19.1 Å². The quantitative estimate of drug-likeness (QED) is 0.661. The molecule has 0 saturated heterocycles. The molecule has 0 aromatic carbocycles. The number of amides is 1. The summed E-state index contributed by atoms with van der Waals surface area (Å²) >= 11 is 0. The first kappa shape index (κ1) is 15.7. The van der Waals surface area contributed by atoms with Gasteiger partial charge in [-0.15, -0.1) is 0 Å². The summed E-state index contributed by atoms with van der Waals surface area (Å²) in [5.74, 6) is 1.25. The Morgan fingerprint density at radius 1 is 1.25 bits per heavy atom. The van der Waals surface area contributed by atoms with Gasteiger partial charge in [0.05, 0.1) is 0 Å². The molecule has 0 aliphatic rings. The molecule has 9 heteroatoms. The number of carbonyl (C=O) groups is 1. The maximum Gasteiger partial charge on any atom is 0.273 e. The fourth-order valence-corrected chi connectivity index (χ4v) is 2.37. The van der Waals surface area contributed by atoms with Gasteiger partial charge in [-0.05, 0) is 24.6 Å². The molecular weight excluding hydrogens is 308 g/mol. The standard InChI is InChI=1S/C15H18N8O/c1-8-5-6-18-9(7-8)19-13-12-10(20-15(17-3)21-13)11(14(24)16-2)22-23(12)4/h5-7H,1-4H3,(H,16,24)(H2,17,18,19,20,21). The number of rotatable bonds is 4. The van der Waals surface area contributed by atoms with Crippen molar-refractivity contribution in [3.05, 3.63) is 29.6 Å². The van der Waals surface area contributed by atoms with Crippen molar-refractivity contribution in [2.75, 3.05) is 24.7 Å². The third kappa shape index (κ3) is 2.71. The summed E-state index contributed by atoms with van der Waals surface area (Å²) in [6, 6.07) is 3.82. The average molecular weight is 326 g/mol. The molecule has 0 aliphatic carbocycles. The molecule has 124 valence electrons. The molecule has 0 radical (unpaired) electrons. The molecule has 0 unspecified atom stereocenters. The molecule has 3 N–H and O–H groups in total. The van der Waals surface area contributed by atoms with Crippen LogP contribution in [0, 0.1) is 6.92 Å². The predicted octanol–water partition coefficient (Wildman–Crippen LogP) is 1.21. The Morgan fingerprint density at radius 3 is 2.71 bits per heavy atom. The lowest BCUT2D eigenvalue weighted by atomic mass is 10.3. The highest BCUT2D eigenvalue weighted by atomic mass is 16.1. The Bertz CT molecular complexity index is 917. The van der Waals surface area contributed by atoms with E-state index in [2.05, 4.69) is 36.0 Å². The Kier molecular flexibility index (Phi) is 3.98. The summed E-state index contributed by atoms with van der Waals surface area (Å²) < 4.78 is 1.58. The summed E-state index contributed by atoms with van der Waals surface area (Å²) in [6.07, 6.45) is 1.72. The number of carbonyl (C=O) groups excluding carboxylic acids is 1. The van der Waals surface area contributed by atoms with E-state index >= 15 is 0 Å². The zero-order valence-corrected chi connectivity index (χ0v) is 13.9. The number of hydrogen-bond acceptors (Lipinski definition) is 7. The smallest absolute Gasteiger partial charge is 0.273 e. The Morgan fingerprint density at radius 2 is 2.04 bits per heavy atom. The highest BCUT2D eigenvalue weighted by molar-refractivity contribution is 6.05. The molecule has 0 spiro atoms. The van der Waals surface area contributed by atoms with Gasteiger partial charge in [0.2, 0.25) is 5.95 Å². The summed E-state index contributed by atoms with van der Waals surface area (Å²) in [4.78, 5) is 25.2. The van der Waals surface area contributed by atoms with Crippen molar-refractivity contribution in [2.24, 2.45) is 7.05 Å². The maximum absolute atomic E-state index is 12.1. The fraction of sp³-hybridized carbons (Fsp3) is 0.267. The van der Waals surface area contributed by atoms with Crippen LogP contribution in [0.2, 0.25) is 0 Å². The molecule has 3 heterocycles. The lowest BCUT2D eigenvalue weighted by molar-refractivity contribution is 0.0959. The average Bonchev–Trinajstić information content (AvgIpc) is 2.91. The first-order chi connectivity index (χ1) is 11.5. The van der Waals surface area contributed by atoms with Crippen molar-refractivity contribution >= 4 is 34.5 Å². The number of pyridine rings is 1. The maximum atomic E-state index is 12.1. The number of hydrogen-bond donors (Lipinski definition) is 3. The van der Waals surface area contributed by atoms with Crippen molar-refractivity contribution in [1.82, 2.24) is 30.0 Å². The minimum atomic E-state index is -0.305. The van der Waals surface area contributed by atoms with Crippen LogP contribution in [0.5, 0.6) is 0 Å². The van der Waals surface area contributed by atoms with Crippen LogP contribution in [0.3, 0.4) is 0 Å². The molecule has 0 aliphatic heterocycles. The van der Waals surface area contributed by atoms with Gasteiger partial charge in [-0.1, -0.05) is 0 Å². The number of anilines is 3. The highest BCUT2D eigenvalue weighted by Gasteiger charge is 2.21. The summed E-state index contributed by atoms with van der Waals surface area (Å²) in [7, 11) is 5.01. The normalized spacial score (nSPS) is 10.7. The molecule has 0 atom stereocenters. The van der Waals surface area contributed by atoms with Crippen LogP contribution in [-0.4, -0.2) is 44.7 Å². The van der Waals surface area contributed by atoms with Crippen LogP contribution in [0.25, 0.3) is 11.0 Å². The van der Waals surface area contributed by atoms with Crippen molar-refractivity contribution < 1.29 is 4.79 Å². The van der Waals surface area contributed by atoms with E-state index in [0.29, 0.717) is 28.6 Å². The van der Waals surface area contributed by atoms with Gasteiger partial charge in [0.15, 0.2) is 11.5 Å². The number of nitrogens with one attached hydrogen (secondary N) is 3. The number of aryl methyl sites for hydroxylation is 2. The third-order valence-corrected chi connectivity index (χ3v) is 3.51. The van der Waals surface area contributed by atoms with Crippen molar-refractivity contribution in [1.29, 1.82) is 0 Å². The monoisotopic (exact) mass is 326 g/mol. The predicted molar refractivity (Wildman–Crippen MR) is 91.5 cm³/mol. The van der Waals surface area contributed by atoms with Crippen LogP contribution in [0.15, 0.2) is 18.3 Å². The van der Waals surface area contributed by atoms with Gasteiger partial charge in [0.1, 0.15) is 16.9 Å². The molecule has 3 rings (SSSR count). The second kappa shape index (κ2) is 6.11. The first-order valence-corrected chi connectivity index (χ1v) is 7.37. The summed E-state index contributed by atoms with van der Waals surface area (Å²) in [5, 5.41) is 12.9. The van der Waals surface area contributed by atoms with Crippen LogP contribution in [-0.2, 0) is 7.05 Å². The van der Waals surface area contributed by atoms with Gasteiger partial charge in [0.25, 0.3) is 5.91 Å². The van der Waals surface area contributed by atoms with E-state index in [0.717, 1.165) is 5.56 Å². The molecule has 24 heavy (non-hydrogen) atoms. The van der Waals surface area contributed by atoms with Crippen LogP contribution >= 0.6 is 0 Å². The number of nitrogens with zero attached hydrogens (tertiary/aromatic N) is 5. The van der Waals surface area contributed by atoms with Gasteiger partial charge in [0, 0.05) is 27.3 Å². The van der Waals surface area contributed by atoms with E-state index < -0.39 is 0 Å². The van der Waals surface area contributed by atoms with E-state index in [9.17, 15) is 4.79 Å². The SMILES string of the molecule is CNC(=O)c1nn(C)c2c(Nc3cc(C)ccn3)nc(NC)nc12. The minimum absolute atomic E-state index is 0.245. The molecule has 1 amide bonds. The molecule has 9 nitrogen and oxygen atoms in total. The molecule has 3 aromatic rings. The fourth-order valence-electron chi connectivity index (χ4n) is 2.37. The van der Waals surface area contributed by atoms with Crippen LogP contribution < -0.4 is 16.0 Å². The van der Waals surface area contributed by atoms with Gasteiger partial charge in [-0.25, -0.2) is 9.97 Å². The van der Waals surface area contributed by atoms with E-state index in [-0.39, 0.29) is 11.6 Å². The Labute approximate surface area is 138 Å². The summed E-state index contributed by atoms with van der Waals surface area (Å²) in [6.45, 7) is 1.98. The zero-order chi connectivity index (χ0) is 17.3. The summed E-state index contributed by atoms with van der Waals surface area (Å²) in [5.41, 5.74) is 2.40. The lowest BCUT2D eigenvalue weighted by Gasteiger charge is -2.09. The molecule has 0 saturated carbocycles. The van der Waals surface area contributed by atoms with Gasteiger partial charge in [-0.3, -0.25) is 9.48 Å². The Balaban J connectivity index is 2.19. The van der Waals surface area contributed by atoms with Crippen LogP contribution in [0.1, 0.15) is 16.1 Å². The second-order valence-electron chi connectivity index (χ2n) is 5.24. The van der Waals surface area contributed by atoms with Crippen molar-refractivity contribution in [3.63, 3.8) is 0 Å². The highest BCUT2D eigenvalue weighted by Crippen LogP contribution is 2.26. The van der Waals surface area contributed by atoms with Gasteiger partial charge < -0.3 is 16.0 Å².